The van der Waals surface area contributed by atoms with Gasteiger partial charge in [0.2, 0.25) is 5.91 Å². The molecule has 0 bridgehead atoms. The summed E-state index contributed by atoms with van der Waals surface area (Å²) in [5, 5.41) is 13.3. The van der Waals surface area contributed by atoms with E-state index in [0.29, 0.717) is 10.8 Å². The minimum absolute atomic E-state index is 0.0138. The van der Waals surface area contributed by atoms with Crippen molar-refractivity contribution in [1.29, 1.82) is 0 Å². The van der Waals surface area contributed by atoms with Crippen LogP contribution in [0.25, 0.3) is 0 Å². The van der Waals surface area contributed by atoms with Crippen molar-refractivity contribution in [2.24, 2.45) is 0 Å². The van der Waals surface area contributed by atoms with Crippen LogP contribution in [0.1, 0.15) is 0 Å². The number of hydrogen-bond donors (Lipinski definition) is 1. The van der Waals surface area contributed by atoms with E-state index in [1.807, 2.05) is 0 Å². The fourth-order valence-corrected chi connectivity index (χ4v) is 1.22. The Morgan fingerprint density at radius 1 is 1.56 bits per heavy atom. The second kappa shape index (κ2) is 4.67. The van der Waals surface area contributed by atoms with Crippen LogP contribution in [-0.4, -0.2) is 31.1 Å². The van der Waals surface area contributed by atoms with E-state index in [1.54, 1.807) is 18.3 Å². The molecule has 0 aliphatic heterocycles. The maximum atomic E-state index is 11.5. The van der Waals surface area contributed by atoms with Crippen molar-refractivity contribution in [2.45, 2.75) is 6.54 Å². The van der Waals surface area contributed by atoms with Crippen molar-refractivity contribution in [1.82, 2.24) is 25.2 Å². The number of rotatable bonds is 3. The second-order valence-corrected chi connectivity index (χ2v) is 3.30. The number of aromatic nitrogens is 5. The zero-order valence-electron chi connectivity index (χ0n) is 8.04. The highest BCUT2D eigenvalue weighted by Crippen LogP contribution is 2.16. The van der Waals surface area contributed by atoms with Crippen molar-refractivity contribution >= 4 is 23.3 Å². The van der Waals surface area contributed by atoms with Gasteiger partial charge >= 0.3 is 0 Å². The number of nitrogens with zero attached hydrogens (tertiary/aromatic N) is 5. The van der Waals surface area contributed by atoms with Gasteiger partial charge in [-0.15, -0.1) is 5.10 Å². The molecule has 0 fully saturated rings. The molecule has 0 aromatic carbocycles. The maximum absolute atomic E-state index is 11.5. The largest absolute Gasteiger partial charge is 0.308 e. The van der Waals surface area contributed by atoms with Crippen molar-refractivity contribution in [2.75, 3.05) is 5.32 Å². The summed E-state index contributed by atoms with van der Waals surface area (Å²) in [5.41, 5.74) is 0. The van der Waals surface area contributed by atoms with E-state index in [4.69, 9.17) is 11.6 Å². The number of pyridine rings is 1. The van der Waals surface area contributed by atoms with Crippen LogP contribution < -0.4 is 5.32 Å². The van der Waals surface area contributed by atoms with E-state index in [9.17, 15) is 4.79 Å². The summed E-state index contributed by atoms with van der Waals surface area (Å²) in [6.07, 6.45) is 2.89. The third kappa shape index (κ3) is 2.51. The highest BCUT2D eigenvalue weighted by molar-refractivity contribution is 6.33. The Kier molecular flexibility index (Phi) is 3.06. The first-order chi connectivity index (χ1) is 7.75. The van der Waals surface area contributed by atoms with Crippen LogP contribution in [-0.2, 0) is 11.3 Å². The molecule has 0 saturated carbocycles. The molecule has 1 N–H and O–H groups in total. The van der Waals surface area contributed by atoms with Gasteiger partial charge in [-0.25, -0.2) is 9.67 Å². The molecule has 0 spiro atoms. The van der Waals surface area contributed by atoms with Crippen molar-refractivity contribution in [3.05, 3.63) is 29.7 Å². The molecule has 16 heavy (non-hydrogen) atoms. The topological polar surface area (TPSA) is 85.6 Å². The molecule has 82 valence electrons. The van der Waals surface area contributed by atoms with Gasteiger partial charge in [0.25, 0.3) is 0 Å². The number of amides is 1. The smallest absolute Gasteiger partial charge is 0.247 e. The molecule has 8 heteroatoms. The van der Waals surface area contributed by atoms with E-state index < -0.39 is 0 Å². The monoisotopic (exact) mass is 238 g/mol. The first-order valence-corrected chi connectivity index (χ1v) is 4.74. The van der Waals surface area contributed by atoms with Crippen LogP contribution in [0.2, 0.25) is 5.02 Å². The predicted molar refractivity (Wildman–Crippen MR) is 55.7 cm³/mol. The number of nitrogens with one attached hydrogen (secondary N) is 1. The fourth-order valence-electron chi connectivity index (χ4n) is 1.05. The van der Waals surface area contributed by atoms with Gasteiger partial charge in [0.1, 0.15) is 12.9 Å². The van der Waals surface area contributed by atoms with Crippen LogP contribution in [0.5, 0.6) is 0 Å². The lowest BCUT2D eigenvalue weighted by molar-refractivity contribution is -0.116. The van der Waals surface area contributed by atoms with Crippen molar-refractivity contribution < 1.29 is 4.79 Å². The lowest BCUT2D eigenvalue weighted by Gasteiger charge is -2.04. The Morgan fingerprint density at radius 2 is 2.44 bits per heavy atom. The van der Waals surface area contributed by atoms with E-state index in [1.165, 1.54) is 11.0 Å². The molecule has 1 amide bonds. The van der Waals surface area contributed by atoms with Crippen LogP contribution in [0.3, 0.4) is 0 Å². The van der Waals surface area contributed by atoms with Gasteiger partial charge in [0, 0.05) is 6.20 Å². The van der Waals surface area contributed by atoms with Gasteiger partial charge in [0.05, 0.1) is 5.02 Å². The maximum Gasteiger partial charge on any atom is 0.247 e. The minimum atomic E-state index is -0.298. The summed E-state index contributed by atoms with van der Waals surface area (Å²) in [7, 11) is 0. The molecule has 2 aromatic heterocycles. The SMILES string of the molecule is O=C(Cn1cnnn1)Nc1ncccc1Cl. The molecule has 0 radical (unpaired) electrons. The third-order valence-corrected chi connectivity index (χ3v) is 2.02. The average molecular weight is 239 g/mol. The summed E-state index contributed by atoms with van der Waals surface area (Å²) in [6, 6.07) is 3.32. The molecule has 0 unspecified atom stereocenters. The quantitative estimate of drug-likeness (QED) is 0.835. The molecule has 7 nitrogen and oxygen atoms in total. The minimum Gasteiger partial charge on any atom is -0.308 e. The Hall–Kier alpha value is -2.02. The molecular formula is C8H7ClN6O. The van der Waals surface area contributed by atoms with Gasteiger partial charge in [-0.05, 0) is 22.6 Å². The van der Waals surface area contributed by atoms with Gasteiger partial charge in [-0.1, -0.05) is 11.6 Å². The molecule has 2 heterocycles. The Bertz CT molecular complexity index is 485. The van der Waals surface area contributed by atoms with E-state index in [-0.39, 0.29) is 12.5 Å². The number of anilines is 1. The number of carbonyl (C=O) groups excluding carboxylic acids is 1. The van der Waals surface area contributed by atoms with Gasteiger partial charge in [0.15, 0.2) is 5.82 Å². The number of hydrogen-bond acceptors (Lipinski definition) is 5. The highest BCUT2D eigenvalue weighted by atomic mass is 35.5. The third-order valence-electron chi connectivity index (χ3n) is 1.71. The van der Waals surface area contributed by atoms with Crippen LogP contribution >= 0.6 is 11.6 Å². The zero-order valence-corrected chi connectivity index (χ0v) is 8.79. The average Bonchev–Trinajstić information content (AvgIpc) is 2.74. The summed E-state index contributed by atoms with van der Waals surface area (Å²) in [5.74, 6) is 0.0233. The Balaban J connectivity index is 2.00. The predicted octanol–water partition coefficient (Wildman–Crippen LogP) is 0.360. The summed E-state index contributed by atoms with van der Waals surface area (Å²) >= 11 is 5.83. The van der Waals surface area contributed by atoms with Crippen LogP contribution in [0.15, 0.2) is 24.7 Å². The van der Waals surface area contributed by atoms with Gasteiger partial charge in [-0.2, -0.15) is 0 Å². The first-order valence-electron chi connectivity index (χ1n) is 4.37. The molecule has 0 aliphatic rings. The highest BCUT2D eigenvalue weighted by Gasteiger charge is 2.07. The van der Waals surface area contributed by atoms with Crippen LogP contribution in [0, 0.1) is 0 Å². The standard InChI is InChI=1S/C8H7ClN6O/c9-6-2-1-3-10-8(6)12-7(16)4-15-5-11-13-14-15/h1-3,5H,4H2,(H,10,12,16). The number of carbonyl (C=O) groups is 1. The summed E-state index contributed by atoms with van der Waals surface area (Å²) < 4.78 is 1.30. The van der Waals surface area contributed by atoms with Crippen molar-refractivity contribution in [3.63, 3.8) is 0 Å². The molecule has 2 rings (SSSR count). The lowest BCUT2D eigenvalue weighted by Crippen LogP contribution is -2.19. The fraction of sp³-hybridized carbons (Fsp3) is 0.125. The van der Waals surface area contributed by atoms with Crippen LogP contribution in [0.4, 0.5) is 5.82 Å². The van der Waals surface area contributed by atoms with E-state index >= 15 is 0 Å². The first kappa shape index (κ1) is 10.5. The Morgan fingerprint density at radius 3 is 3.12 bits per heavy atom. The Labute approximate surface area is 95.4 Å². The van der Waals surface area contributed by atoms with E-state index in [2.05, 4.69) is 25.8 Å². The normalized spacial score (nSPS) is 10.1. The number of halogens is 1. The second-order valence-electron chi connectivity index (χ2n) is 2.89. The summed E-state index contributed by atoms with van der Waals surface area (Å²) in [4.78, 5) is 15.4. The lowest BCUT2D eigenvalue weighted by atomic mass is 10.4. The molecule has 0 atom stereocenters. The zero-order chi connectivity index (χ0) is 11.4. The van der Waals surface area contributed by atoms with E-state index in [0.717, 1.165) is 0 Å². The van der Waals surface area contributed by atoms with Gasteiger partial charge in [-0.3, -0.25) is 4.79 Å². The summed E-state index contributed by atoms with van der Waals surface area (Å²) in [6.45, 7) is 0.0138. The molecule has 2 aromatic rings. The molecular weight excluding hydrogens is 232 g/mol. The van der Waals surface area contributed by atoms with Crippen molar-refractivity contribution in [3.8, 4) is 0 Å². The van der Waals surface area contributed by atoms with Gasteiger partial charge < -0.3 is 5.32 Å². The number of tetrazole rings is 1. The molecule has 0 aliphatic carbocycles. The molecule has 0 saturated heterocycles.